The van der Waals surface area contributed by atoms with Gasteiger partial charge in [0, 0.05) is 5.38 Å². The summed E-state index contributed by atoms with van der Waals surface area (Å²) in [7, 11) is -3.57. The fraction of sp³-hybridized carbons (Fsp3) is 0. The molecule has 0 bridgehead atoms. The lowest BCUT2D eigenvalue weighted by molar-refractivity contribution is 0.601. The molecule has 7 heteroatoms. The summed E-state index contributed by atoms with van der Waals surface area (Å²) in [5.74, 6) is 0. The summed E-state index contributed by atoms with van der Waals surface area (Å²) in [5.41, 5.74) is 0.788. The van der Waals surface area contributed by atoms with Crippen LogP contribution in [0.5, 0.6) is 0 Å². The first-order valence-corrected chi connectivity index (χ1v) is 8.97. The van der Waals surface area contributed by atoms with Crippen molar-refractivity contribution < 1.29 is 8.42 Å². The van der Waals surface area contributed by atoms with Crippen molar-refractivity contribution in [2.24, 2.45) is 0 Å². The molecule has 0 saturated carbocycles. The van der Waals surface area contributed by atoms with Gasteiger partial charge in [-0.15, -0.1) is 22.7 Å². The minimum Gasteiger partial charge on any atom is -0.255 e. The number of sulfonamides is 1. The molecule has 1 aromatic carbocycles. The van der Waals surface area contributed by atoms with Gasteiger partial charge in [0.25, 0.3) is 10.0 Å². The summed E-state index contributed by atoms with van der Waals surface area (Å²) < 4.78 is 26.8. The van der Waals surface area contributed by atoms with E-state index in [9.17, 15) is 8.42 Å². The Labute approximate surface area is 124 Å². The van der Waals surface area contributed by atoms with E-state index in [0.29, 0.717) is 5.13 Å². The van der Waals surface area contributed by atoms with Crippen LogP contribution in [0.4, 0.5) is 5.13 Å². The molecular formula is C13H10N2O2S3. The van der Waals surface area contributed by atoms with Gasteiger partial charge in [-0.25, -0.2) is 13.4 Å². The Morgan fingerprint density at radius 2 is 1.80 bits per heavy atom. The molecule has 2 aromatic heterocycles. The second-order valence-electron chi connectivity index (χ2n) is 3.93. The third-order valence-electron chi connectivity index (χ3n) is 2.55. The van der Waals surface area contributed by atoms with E-state index in [-0.39, 0.29) is 4.90 Å². The van der Waals surface area contributed by atoms with Crippen molar-refractivity contribution in [1.82, 2.24) is 4.98 Å². The number of thiazole rings is 1. The van der Waals surface area contributed by atoms with Crippen molar-refractivity contribution in [2.45, 2.75) is 4.90 Å². The maximum absolute atomic E-state index is 12.2. The van der Waals surface area contributed by atoms with E-state index in [1.165, 1.54) is 11.3 Å². The quantitative estimate of drug-likeness (QED) is 0.797. The van der Waals surface area contributed by atoms with Crippen LogP contribution >= 0.6 is 22.7 Å². The zero-order valence-electron chi connectivity index (χ0n) is 10.2. The summed E-state index contributed by atoms with van der Waals surface area (Å²) >= 11 is 2.85. The second-order valence-corrected chi connectivity index (χ2v) is 7.42. The topological polar surface area (TPSA) is 59.1 Å². The van der Waals surface area contributed by atoms with Gasteiger partial charge in [-0.3, -0.25) is 4.72 Å². The fourth-order valence-electron chi connectivity index (χ4n) is 1.63. The highest BCUT2D eigenvalue weighted by Gasteiger charge is 2.16. The van der Waals surface area contributed by atoms with E-state index in [4.69, 9.17) is 0 Å². The van der Waals surface area contributed by atoms with Gasteiger partial charge in [-0.05, 0) is 23.6 Å². The standard InChI is InChI=1S/C13H10N2O2S3/c16-20(17,10-5-2-1-3-6-10)15-13-14-11(9-19-13)12-7-4-8-18-12/h1-9H,(H,14,15). The molecule has 0 spiro atoms. The van der Waals surface area contributed by atoms with Crippen LogP contribution in [0.15, 0.2) is 58.1 Å². The Morgan fingerprint density at radius 3 is 2.50 bits per heavy atom. The summed E-state index contributed by atoms with van der Waals surface area (Å²) in [4.78, 5) is 5.55. The summed E-state index contributed by atoms with van der Waals surface area (Å²) in [6.07, 6.45) is 0. The van der Waals surface area contributed by atoms with E-state index in [1.807, 2.05) is 22.9 Å². The molecule has 3 rings (SSSR count). The van der Waals surface area contributed by atoms with Crippen molar-refractivity contribution in [3.05, 3.63) is 53.2 Å². The molecule has 4 nitrogen and oxygen atoms in total. The minimum absolute atomic E-state index is 0.230. The number of hydrogen-bond donors (Lipinski definition) is 1. The van der Waals surface area contributed by atoms with Gasteiger partial charge in [0.05, 0.1) is 15.5 Å². The molecule has 0 unspecified atom stereocenters. The third-order valence-corrected chi connectivity index (χ3v) is 5.69. The van der Waals surface area contributed by atoms with Crippen LogP contribution < -0.4 is 4.72 Å². The monoisotopic (exact) mass is 322 g/mol. The van der Waals surface area contributed by atoms with E-state index in [0.717, 1.165) is 10.6 Å². The highest BCUT2D eigenvalue weighted by Crippen LogP contribution is 2.29. The van der Waals surface area contributed by atoms with Gasteiger partial charge in [0.2, 0.25) is 0 Å². The predicted octanol–water partition coefficient (Wildman–Crippen LogP) is 3.67. The molecule has 0 amide bonds. The zero-order chi connectivity index (χ0) is 14.0. The SMILES string of the molecule is O=S(=O)(Nc1nc(-c2cccs2)cs1)c1ccccc1. The molecule has 102 valence electrons. The molecular weight excluding hydrogens is 312 g/mol. The summed E-state index contributed by atoms with van der Waals surface area (Å²) in [6, 6.07) is 12.1. The number of benzene rings is 1. The number of anilines is 1. The Bertz CT molecular complexity index is 793. The fourth-order valence-corrected chi connectivity index (χ4v) is 4.38. The third kappa shape index (κ3) is 2.74. The van der Waals surface area contributed by atoms with Crippen molar-refractivity contribution in [3.63, 3.8) is 0 Å². The molecule has 3 aromatic rings. The first-order valence-electron chi connectivity index (χ1n) is 5.72. The maximum Gasteiger partial charge on any atom is 0.263 e. The average Bonchev–Trinajstić information content (AvgIpc) is 3.10. The normalized spacial score (nSPS) is 11.4. The molecule has 0 fully saturated rings. The molecule has 0 aliphatic carbocycles. The van der Waals surface area contributed by atoms with Crippen LogP contribution in [0.2, 0.25) is 0 Å². The van der Waals surface area contributed by atoms with Gasteiger partial charge in [0.1, 0.15) is 0 Å². The Kier molecular flexibility index (Phi) is 3.56. The van der Waals surface area contributed by atoms with Crippen molar-refractivity contribution in [2.75, 3.05) is 4.72 Å². The summed E-state index contributed by atoms with van der Waals surface area (Å²) in [6.45, 7) is 0. The van der Waals surface area contributed by atoms with Crippen LogP contribution in [0.3, 0.4) is 0 Å². The number of hydrogen-bond acceptors (Lipinski definition) is 5. The molecule has 0 aliphatic heterocycles. The van der Waals surface area contributed by atoms with Gasteiger partial charge >= 0.3 is 0 Å². The molecule has 0 radical (unpaired) electrons. The lowest BCUT2D eigenvalue weighted by Crippen LogP contribution is -2.12. The van der Waals surface area contributed by atoms with Crippen molar-refractivity contribution in [3.8, 4) is 10.6 Å². The number of rotatable bonds is 4. The van der Waals surface area contributed by atoms with Crippen molar-refractivity contribution in [1.29, 1.82) is 0 Å². The van der Waals surface area contributed by atoms with Crippen molar-refractivity contribution >= 4 is 37.8 Å². The van der Waals surface area contributed by atoms with E-state index in [1.54, 1.807) is 41.7 Å². The largest absolute Gasteiger partial charge is 0.263 e. The van der Waals surface area contributed by atoms with Gasteiger partial charge < -0.3 is 0 Å². The Balaban J connectivity index is 1.85. The van der Waals surface area contributed by atoms with E-state index >= 15 is 0 Å². The highest BCUT2D eigenvalue weighted by molar-refractivity contribution is 7.93. The number of thiophene rings is 1. The molecule has 20 heavy (non-hydrogen) atoms. The first kappa shape index (κ1) is 13.3. The lowest BCUT2D eigenvalue weighted by atomic mass is 10.4. The van der Waals surface area contributed by atoms with Crippen LogP contribution in [0, 0.1) is 0 Å². The Hall–Kier alpha value is -1.70. The molecule has 0 saturated heterocycles. The number of nitrogens with one attached hydrogen (secondary N) is 1. The van der Waals surface area contributed by atoms with Crippen LogP contribution in [-0.2, 0) is 10.0 Å². The van der Waals surface area contributed by atoms with Gasteiger partial charge in [-0.2, -0.15) is 0 Å². The smallest absolute Gasteiger partial charge is 0.255 e. The first-order chi connectivity index (χ1) is 9.65. The minimum atomic E-state index is -3.57. The van der Waals surface area contributed by atoms with Crippen LogP contribution in [0.1, 0.15) is 0 Å². The van der Waals surface area contributed by atoms with Gasteiger partial charge in [-0.1, -0.05) is 24.3 Å². The molecule has 2 heterocycles. The highest BCUT2D eigenvalue weighted by atomic mass is 32.2. The average molecular weight is 322 g/mol. The van der Waals surface area contributed by atoms with E-state index in [2.05, 4.69) is 9.71 Å². The molecule has 1 N–H and O–H groups in total. The van der Waals surface area contributed by atoms with Crippen LogP contribution in [-0.4, -0.2) is 13.4 Å². The molecule has 0 aliphatic rings. The van der Waals surface area contributed by atoms with Crippen LogP contribution in [0.25, 0.3) is 10.6 Å². The second kappa shape index (κ2) is 5.35. The van der Waals surface area contributed by atoms with E-state index < -0.39 is 10.0 Å². The number of nitrogens with zero attached hydrogens (tertiary/aromatic N) is 1. The predicted molar refractivity (Wildman–Crippen MR) is 82.7 cm³/mol. The van der Waals surface area contributed by atoms with Gasteiger partial charge in [0.15, 0.2) is 5.13 Å². The summed E-state index contributed by atoms with van der Waals surface area (Å²) in [5, 5.41) is 4.18. The number of aromatic nitrogens is 1. The zero-order valence-corrected chi connectivity index (χ0v) is 12.6. The molecule has 0 atom stereocenters. The lowest BCUT2D eigenvalue weighted by Gasteiger charge is -2.04. The maximum atomic E-state index is 12.2. The Morgan fingerprint density at radius 1 is 1.00 bits per heavy atom.